The fourth-order valence-electron chi connectivity index (χ4n) is 2.79. The van der Waals surface area contributed by atoms with Gasteiger partial charge in [-0.15, -0.1) is 0 Å². The summed E-state index contributed by atoms with van der Waals surface area (Å²) in [6, 6.07) is 11.4. The van der Waals surface area contributed by atoms with Gasteiger partial charge >= 0.3 is 0 Å². The van der Waals surface area contributed by atoms with E-state index in [1.807, 2.05) is 30.3 Å². The van der Waals surface area contributed by atoms with E-state index in [0.29, 0.717) is 18.7 Å². The maximum Gasteiger partial charge on any atom is 0.269 e. The van der Waals surface area contributed by atoms with Gasteiger partial charge in [-0.05, 0) is 18.4 Å². The summed E-state index contributed by atoms with van der Waals surface area (Å²) in [5.74, 6) is 0.156. The Hall–Kier alpha value is -2.15. The summed E-state index contributed by atoms with van der Waals surface area (Å²) in [7, 11) is -1.19. The molecule has 0 bridgehead atoms. The van der Waals surface area contributed by atoms with Gasteiger partial charge in [-0.1, -0.05) is 30.3 Å². The van der Waals surface area contributed by atoms with E-state index in [1.54, 1.807) is 17.8 Å². The van der Waals surface area contributed by atoms with Crippen molar-refractivity contribution in [3.8, 4) is 11.3 Å². The molecule has 0 saturated carbocycles. The molecular formula is C16H19N3O3S. The van der Waals surface area contributed by atoms with Gasteiger partial charge in [0.1, 0.15) is 5.69 Å². The molecule has 0 aliphatic carbocycles. The molecule has 122 valence electrons. The third-order valence-electron chi connectivity index (χ3n) is 4.06. The predicted octanol–water partition coefficient (Wildman–Crippen LogP) is 1.25. The van der Waals surface area contributed by atoms with E-state index in [0.717, 1.165) is 11.3 Å². The van der Waals surface area contributed by atoms with Crippen molar-refractivity contribution in [1.82, 2.24) is 15.1 Å². The summed E-state index contributed by atoms with van der Waals surface area (Å²) in [6.07, 6.45) is 0.614. The minimum atomic E-state index is -2.92. The lowest BCUT2D eigenvalue weighted by molar-refractivity contribution is 0.0939. The number of sulfone groups is 1. The van der Waals surface area contributed by atoms with Crippen LogP contribution in [0.5, 0.6) is 0 Å². The summed E-state index contributed by atoms with van der Waals surface area (Å²) >= 11 is 0. The number of nitrogens with zero attached hydrogens (tertiary/aromatic N) is 2. The number of aromatic nitrogens is 2. The molecule has 1 aromatic heterocycles. The first-order valence-corrected chi connectivity index (χ1v) is 9.35. The zero-order valence-electron chi connectivity index (χ0n) is 12.9. The average molecular weight is 333 g/mol. The molecule has 1 aromatic carbocycles. The van der Waals surface area contributed by atoms with Crippen molar-refractivity contribution >= 4 is 15.7 Å². The molecule has 1 aliphatic heterocycles. The second kappa shape index (κ2) is 6.16. The maximum atomic E-state index is 12.3. The van der Waals surface area contributed by atoms with E-state index in [2.05, 4.69) is 10.4 Å². The fourth-order valence-corrected chi connectivity index (χ4v) is 4.65. The molecule has 0 unspecified atom stereocenters. The highest BCUT2D eigenvalue weighted by Crippen LogP contribution is 2.19. The molecule has 0 spiro atoms. The largest absolute Gasteiger partial charge is 0.350 e. The first-order valence-electron chi connectivity index (χ1n) is 7.53. The highest BCUT2D eigenvalue weighted by molar-refractivity contribution is 7.91. The van der Waals surface area contributed by atoms with Gasteiger partial charge in [-0.25, -0.2) is 8.42 Å². The Balaban J connectivity index is 1.67. The van der Waals surface area contributed by atoms with Crippen molar-refractivity contribution < 1.29 is 13.2 Å². The van der Waals surface area contributed by atoms with Crippen LogP contribution in [0.25, 0.3) is 11.3 Å². The maximum absolute atomic E-state index is 12.3. The number of amides is 1. The number of hydrogen-bond acceptors (Lipinski definition) is 4. The van der Waals surface area contributed by atoms with Crippen LogP contribution in [0.15, 0.2) is 36.4 Å². The fraction of sp³-hybridized carbons (Fsp3) is 0.375. The molecule has 3 rings (SSSR count). The minimum Gasteiger partial charge on any atom is -0.350 e. The summed E-state index contributed by atoms with van der Waals surface area (Å²) < 4.78 is 24.4. The number of carbonyl (C=O) groups excluding carboxylic acids is 1. The Morgan fingerprint density at radius 1 is 1.35 bits per heavy atom. The lowest BCUT2D eigenvalue weighted by Crippen LogP contribution is -2.31. The molecule has 23 heavy (non-hydrogen) atoms. The number of aryl methyl sites for hydroxylation is 1. The molecule has 2 heterocycles. The summed E-state index contributed by atoms with van der Waals surface area (Å²) in [5.41, 5.74) is 2.15. The van der Waals surface area contributed by atoms with Crippen LogP contribution in [0, 0.1) is 5.92 Å². The Morgan fingerprint density at radius 3 is 2.74 bits per heavy atom. The van der Waals surface area contributed by atoms with Crippen LogP contribution < -0.4 is 5.32 Å². The third-order valence-corrected chi connectivity index (χ3v) is 5.90. The summed E-state index contributed by atoms with van der Waals surface area (Å²) in [4.78, 5) is 12.3. The smallest absolute Gasteiger partial charge is 0.269 e. The van der Waals surface area contributed by atoms with Crippen molar-refractivity contribution in [1.29, 1.82) is 0 Å². The van der Waals surface area contributed by atoms with Crippen LogP contribution >= 0.6 is 0 Å². The first-order chi connectivity index (χ1) is 10.9. The van der Waals surface area contributed by atoms with Crippen LogP contribution in [0.2, 0.25) is 0 Å². The first kappa shape index (κ1) is 15.7. The van der Waals surface area contributed by atoms with E-state index in [4.69, 9.17) is 0 Å². The predicted molar refractivity (Wildman–Crippen MR) is 87.7 cm³/mol. The molecule has 7 heteroatoms. The lowest BCUT2D eigenvalue weighted by atomic mass is 10.1. The zero-order chi connectivity index (χ0) is 16.4. The third kappa shape index (κ3) is 3.61. The van der Waals surface area contributed by atoms with Crippen LogP contribution in [-0.2, 0) is 16.9 Å². The van der Waals surface area contributed by atoms with Crippen molar-refractivity contribution in [3.05, 3.63) is 42.1 Å². The number of rotatable bonds is 4. The Bertz CT molecular complexity index is 812. The van der Waals surface area contributed by atoms with E-state index in [9.17, 15) is 13.2 Å². The molecule has 0 radical (unpaired) electrons. The zero-order valence-corrected chi connectivity index (χ0v) is 13.7. The van der Waals surface area contributed by atoms with Crippen LogP contribution in [0.1, 0.15) is 16.9 Å². The van der Waals surface area contributed by atoms with Gasteiger partial charge in [-0.2, -0.15) is 5.10 Å². The lowest BCUT2D eigenvalue weighted by Gasteiger charge is -2.09. The average Bonchev–Trinajstić information content (AvgIpc) is 3.08. The van der Waals surface area contributed by atoms with Gasteiger partial charge in [-0.3, -0.25) is 9.48 Å². The molecule has 1 fully saturated rings. The second-order valence-electron chi connectivity index (χ2n) is 5.88. The molecule has 1 amide bonds. The van der Waals surface area contributed by atoms with E-state index in [-0.39, 0.29) is 23.3 Å². The molecule has 6 nitrogen and oxygen atoms in total. The normalized spacial score (nSPS) is 19.6. The number of nitrogens with one attached hydrogen (secondary N) is 1. The second-order valence-corrected chi connectivity index (χ2v) is 8.11. The number of carbonyl (C=O) groups is 1. The van der Waals surface area contributed by atoms with Gasteiger partial charge < -0.3 is 5.32 Å². The Kier molecular flexibility index (Phi) is 4.21. The summed E-state index contributed by atoms with van der Waals surface area (Å²) in [5, 5.41) is 7.18. The molecule has 1 N–H and O–H groups in total. The number of hydrogen-bond donors (Lipinski definition) is 1. The monoisotopic (exact) mass is 333 g/mol. The van der Waals surface area contributed by atoms with Gasteiger partial charge in [0.05, 0.1) is 17.2 Å². The molecule has 1 atom stereocenters. The molecule has 2 aromatic rings. The highest BCUT2D eigenvalue weighted by atomic mass is 32.2. The topological polar surface area (TPSA) is 81.1 Å². The van der Waals surface area contributed by atoms with E-state index < -0.39 is 9.84 Å². The Morgan fingerprint density at radius 2 is 2.09 bits per heavy atom. The standard InChI is InChI=1S/C16H19N3O3S/c1-19-15(9-14(18-19)13-5-3-2-4-6-13)16(20)17-10-12-7-8-23(21,22)11-12/h2-6,9,12H,7-8,10-11H2,1H3,(H,17,20)/t12-/m0/s1. The van der Waals surface area contributed by atoms with Crippen molar-refractivity contribution in [3.63, 3.8) is 0 Å². The van der Waals surface area contributed by atoms with Crippen molar-refractivity contribution in [2.75, 3.05) is 18.1 Å². The van der Waals surface area contributed by atoms with E-state index >= 15 is 0 Å². The van der Waals surface area contributed by atoms with E-state index in [1.165, 1.54) is 0 Å². The minimum absolute atomic E-state index is 0.00534. The molecule has 1 aliphatic rings. The van der Waals surface area contributed by atoms with Crippen LogP contribution in [-0.4, -0.2) is 42.2 Å². The van der Waals surface area contributed by atoms with Gasteiger partial charge in [0.2, 0.25) is 0 Å². The van der Waals surface area contributed by atoms with Crippen LogP contribution in [0.3, 0.4) is 0 Å². The van der Waals surface area contributed by atoms with Gasteiger partial charge in [0.25, 0.3) is 5.91 Å². The van der Waals surface area contributed by atoms with Crippen LogP contribution in [0.4, 0.5) is 0 Å². The summed E-state index contributed by atoms with van der Waals surface area (Å²) in [6.45, 7) is 0.379. The van der Waals surface area contributed by atoms with Gasteiger partial charge in [0.15, 0.2) is 9.84 Å². The highest BCUT2D eigenvalue weighted by Gasteiger charge is 2.28. The number of benzene rings is 1. The quantitative estimate of drug-likeness (QED) is 0.913. The SMILES string of the molecule is Cn1nc(-c2ccccc2)cc1C(=O)NC[C@@H]1CCS(=O)(=O)C1. The molecular weight excluding hydrogens is 314 g/mol. The van der Waals surface area contributed by atoms with Crippen molar-refractivity contribution in [2.45, 2.75) is 6.42 Å². The Labute approximate surface area is 135 Å². The van der Waals surface area contributed by atoms with Crippen molar-refractivity contribution in [2.24, 2.45) is 13.0 Å². The molecule has 1 saturated heterocycles. The van der Waals surface area contributed by atoms with Gasteiger partial charge in [0, 0.05) is 19.2 Å².